The third kappa shape index (κ3) is 2.21. The number of carbonyl (C=O) groups is 1. The van der Waals surface area contributed by atoms with Crippen LogP contribution in [0.3, 0.4) is 0 Å². The maximum atomic E-state index is 12.2. The van der Waals surface area contributed by atoms with E-state index < -0.39 is 0 Å². The van der Waals surface area contributed by atoms with Gasteiger partial charge in [0.15, 0.2) is 0 Å². The SMILES string of the molecule is COC1(CC(=O)N2CCCC2CCl)CCC1. The molecule has 1 saturated carbocycles. The van der Waals surface area contributed by atoms with Crippen LogP contribution in [0.2, 0.25) is 0 Å². The average Bonchev–Trinajstić information content (AvgIpc) is 2.71. The monoisotopic (exact) mass is 245 g/mol. The molecular weight excluding hydrogens is 226 g/mol. The lowest BCUT2D eigenvalue weighted by Gasteiger charge is -2.41. The Morgan fingerprint density at radius 2 is 2.25 bits per heavy atom. The Hall–Kier alpha value is -0.280. The molecule has 1 saturated heterocycles. The van der Waals surface area contributed by atoms with Crippen molar-refractivity contribution in [2.75, 3.05) is 19.5 Å². The normalized spacial score (nSPS) is 27.9. The zero-order chi connectivity index (χ0) is 11.6. The number of halogens is 1. The molecule has 16 heavy (non-hydrogen) atoms. The first kappa shape index (κ1) is 12.2. The molecule has 92 valence electrons. The summed E-state index contributed by atoms with van der Waals surface area (Å²) in [5, 5.41) is 0. The maximum absolute atomic E-state index is 12.2. The molecule has 4 heteroatoms. The summed E-state index contributed by atoms with van der Waals surface area (Å²) in [4.78, 5) is 14.1. The van der Waals surface area contributed by atoms with Gasteiger partial charge in [-0.25, -0.2) is 0 Å². The van der Waals surface area contributed by atoms with Crippen LogP contribution in [0.5, 0.6) is 0 Å². The number of alkyl halides is 1. The van der Waals surface area contributed by atoms with Crippen molar-refractivity contribution in [1.29, 1.82) is 0 Å². The van der Waals surface area contributed by atoms with Crippen molar-refractivity contribution < 1.29 is 9.53 Å². The first-order chi connectivity index (χ1) is 7.71. The van der Waals surface area contributed by atoms with Crippen LogP contribution in [-0.4, -0.2) is 42.0 Å². The van der Waals surface area contributed by atoms with E-state index in [-0.39, 0.29) is 17.6 Å². The van der Waals surface area contributed by atoms with Gasteiger partial charge in [0, 0.05) is 25.6 Å². The highest BCUT2D eigenvalue weighted by Crippen LogP contribution is 2.39. The molecule has 1 aliphatic carbocycles. The molecule has 2 aliphatic rings. The number of amides is 1. The number of carbonyl (C=O) groups excluding carboxylic acids is 1. The Kier molecular flexibility index (Phi) is 3.75. The molecule has 0 aromatic carbocycles. The van der Waals surface area contributed by atoms with Crippen LogP contribution >= 0.6 is 11.6 Å². The summed E-state index contributed by atoms with van der Waals surface area (Å²) in [5.41, 5.74) is -0.156. The molecule has 1 unspecified atom stereocenters. The number of rotatable bonds is 4. The van der Waals surface area contributed by atoms with Gasteiger partial charge in [0.25, 0.3) is 0 Å². The summed E-state index contributed by atoms with van der Waals surface area (Å²) in [6, 6.07) is 0.253. The zero-order valence-electron chi connectivity index (χ0n) is 9.88. The number of hydrogen-bond donors (Lipinski definition) is 0. The van der Waals surface area contributed by atoms with E-state index in [2.05, 4.69) is 0 Å². The van der Waals surface area contributed by atoms with Crippen LogP contribution in [0.15, 0.2) is 0 Å². The smallest absolute Gasteiger partial charge is 0.225 e. The summed E-state index contributed by atoms with van der Waals surface area (Å²) >= 11 is 5.87. The minimum atomic E-state index is -0.156. The van der Waals surface area contributed by atoms with Gasteiger partial charge in [-0.15, -0.1) is 11.6 Å². The fourth-order valence-electron chi connectivity index (χ4n) is 2.73. The molecule has 0 radical (unpaired) electrons. The molecule has 0 bridgehead atoms. The lowest BCUT2D eigenvalue weighted by molar-refractivity contribution is -0.144. The topological polar surface area (TPSA) is 29.5 Å². The standard InChI is InChI=1S/C12H20ClNO2/c1-16-12(5-3-6-12)8-11(15)14-7-2-4-10(14)9-13/h10H,2-9H2,1H3. The van der Waals surface area contributed by atoms with Gasteiger partial charge in [-0.3, -0.25) is 4.79 Å². The quantitative estimate of drug-likeness (QED) is 0.711. The molecule has 0 aromatic heterocycles. The highest BCUT2D eigenvalue weighted by molar-refractivity contribution is 6.18. The second-order valence-electron chi connectivity index (χ2n) is 4.95. The third-order valence-electron chi connectivity index (χ3n) is 4.05. The molecule has 2 rings (SSSR count). The van der Waals surface area contributed by atoms with E-state index in [1.165, 1.54) is 6.42 Å². The Bertz CT molecular complexity index is 260. The minimum absolute atomic E-state index is 0.156. The first-order valence-electron chi connectivity index (χ1n) is 6.11. The van der Waals surface area contributed by atoms with Gasteiger partial charge in [0.1, 0.15) is 0 Å². The summed E-state index contributed by atoms with van der Waals surface area (Å²) < 4.78 is 5.49. The molecule has 1 aliphatic heterocycles. The number of nitrogens with zero attached hydrogens (tertiary/aromatic N) is 1. The zero-order valence-corrected chi connectivity index (χ0v) is 10.6. The Morgan fingerprint density at radius 1 is 1.50 bits per heavy atom. The van der Waals surface area contributed by atoms with Crippen molar-refractivity contribution in [3.63, 3.8) is 0 Å². The van der Waals surface area contributed by atoms with Gasteiger partial charge in [-0.2, -0.15) is 0 Å². The number of hydrogen-bond acceptors (Lipinski definition) is 2. The number of likely N-dealkylation sites (tertiary alicyclic amines) is 1. The molecule has 0 aromatic rings. The third-order valence-corrected chi connectivity index (χ3v) is 4.40. The largest absolute Gasteiger partial charge is 0.378 e. The van der Waals surface area contributed by atoms with Crippen LogP contribution in [0, 0.1) is 0 Å². The van der Waals surface area contributed by atoms with E-state index in [4.69, 9.17) is 16.3 Å². The van der Waals surface area contributed by atoms with Gasteiger partial charge in [0.05, 0.1) is 12.0 Å². The average molecular weight is 246 g/mol. The van der Waals surface area contributed by atoms with Crippen molar-refractivity contribution in [2.45, 2.75) is 50.2 Å². The number of methoxy groups -OCH3 is 1. The van der Waals surface area contributed by atoms with Gasteiger partial charge in [-0.1, -0.05) is 0 Å². The Morgan fingerprint density at radius 3 is 2.75 bits per heavy atom. The summed E-state index contributed by atoms with van der Waals surface area (Å²) in [7, 11) is 1.72. The van der Waals surface area contributed by atoms with Gasteiger partial charge in [-0.05, 0) is 32.1 Å². The molecule has 1 atom stereocenters. The first-order valence-corrected chi connectivity index (χ1v) is 6.65. The molecule has 0 N–H and O–H groups in total. The predicted octanol–water partition coefficient (Wildman–Crippen LogP) is 2.18. The van der Waals surface area contributed by atoms with Crippen molar-refractivity contribution in [2.24, 2.45) is 0 Å². The minimum Gasteiger partial charge on any atom is -0.378 e. The predicted molar refractivity (Wildman–Crippen MR) is 63.7 cm³/mol. The molecule has 0 spiro atoms. The molecule has 1 amide bonds. The van der Waals surface area contributed by atoms with Gasteiger partial charge in [0.2, 0.25) is 5.91 Å². The lowest BCUT2D eigenvalue weighted by atomic mass is 9.77. The fourth-order valence-corrected chi connectivity index (χ4v) is 3.05. The number of ether oxygens (including phenoxy) is 1. The fraction of sp³-hybridized carbons (Fsp3) is 0.917. The lowest BCUT2D eigenvalue weighted by Crippen LogP contribution is -2.46. The maximum Gasteiger partial charge on any atom is 0.225 e. The van der Waals surface area contributed by atoms with Crippen LogP contribution in [0.4, 0.5) is 0 Å². The molecule has 3 nitrogen and oxygen atoms in total. The Labute approximate surface area is 102 Å². The summed E-state index contributed by atoms with van der Waals surface area (Å²) in [6.07, 6.45) is 5.90. The highest BCUT2D eigenvalue weighted by atomic mass is 35.5. The van der Waals surface area contributed by atoms with E-state index in [0.29, 0.717) is 12.3 Å². The van der Waals surface area contributed by atoms with Crippen LogP contribution in [-0.2, 0) is 9.53 Å². The van der Waals surface area contributed by atoms with E-state index in [1.807, 2.05) is 4.90 Å². The van der Waals surface area contributed by atoms with Gasteiger partial charge >= 0.3 is 0 Å². The van der Waals surface area contributed by atoms with Crippen molar-refractivity contribution in [3.05, 3.63) is 0 Å². The van der Waals surface area contributed by atoms with E-state index in [9.17, 15) is 4.79 Å². The van der Waals surface area contributed by atoms with Crippen molar-refractivity contribution in [3.8, 4) is 0 Å². The van der Waals surface area contributed by atoms with Gasteiger partial charge < -0.3 is 9.64 Å². The van der Waals surface area contributed by atoms with E-state index in [0.717, 1.165) is 32.2 Å². The second kappa shape index (κ2) is 4.92. The van der Waals surface area contributed by atoms with Crippen LogP contribution < -0.4 is 0 Å². The summed E-state index contributed by atoms with van der Waals surface area (Å²) in [6.45, 7) is 0.871. The van der Waals surface area contributed by atoms with Crippen LogP contribution in [0.1, 0.15) is 38.5 Å². The second-order valence-corrected chi connectivity index (χ2v) is 5.26. The van der Waals surface area contributed by atoms with Crippen molar-refractivity contribution in [1.82, 2.24) is 4.90 Å². The molecular formula is C12H20ClNO2. The molecule has 2 fully saturated rings. The van der Waals surface area contributed by atoms with E-state index >= 15 is 0 Å². The van der Waals surface area contributed by atoms with E-state index in [1.54, 1.807) is 7.11 Å². The highest BCUT2D eigenvalue weighted by Gasteiger charge is 2.41. The summed E-state index contributed by atoms with van der Waals surface area (Å²) in [5.74, 6) is 0.788. The molecule has 1 heterocycles. The van der Waals surface area contributed by atoms with Crippen LogP contribution in [0.25, 0.3) is 0 Å². The van der Waals surface area contributed by atoms with Crippen molar-refractivity contribution >= 4 is 17.5 Å². The Balaban J connectivity index is 1.92.